The van der Waals surface area contributed by atoms with Crippen molar-refractivity contribution in [3.63, 3.8) is 0 Å². The first kappa shape index (κ1) is 21.1. The molecule has 1 atom stereocenters. The second kappa shape index (κ2) is 9.76. The molecule has 0 fully saturated rings. The van der Waals surface area contributed by atoms with Gasteiger partial charge in [-0.1, -0.05) is 42.1 Å². The highest BCUT2D eigenvalue weighted by Gasteiger charge is 2.41. The van der Waals surface area contributed by atoms with E-state index < -0.39 is 12.0 Å². The number of ether oxygens (including phenoxy) is 2. The minimum absolute atomic E-state index is 0.0668. The molecule has 0 aliphatic carbocycles. The van der Waals surface area contributed by atoms with Gasteiger partial charge in [0, 0.05) is 19.4 Å². The van der Waals surface area contributed by atoms with Gasteiger partial charge < -0.3 is 19.7 Å². The molecular weight excluding hydrogens is 390 g/mol. The number of amidine groups is 1. The summed E-state index contributed by atoms with van der Waals surface area (Å²) in [5, 5.41) is 5.51. The van der Waals surface area contributed by atoms with Crippen molar-refractivity contribution in [2.75, 3.05) is 26.9 Å². The Morgan fingerprint density at radius 2 is 2.00 bits per heavy atom. The van der Waals surface area contributed by atoms with Gasteiger partial charge in [-0.3, -0.25) is 4.79 Å². The average Bonchev–Trinajstić information content (AvgIpc) is 3.09. The molecule has 0 radical (unpaired) electrons. The SMILES string of the molecule is CCNC(=O)CC1=CSC2=NC(C)=C(C(=O)OCCOC)C(c3ccccc3)N12. The van der Waals surface area contributed by atoms with E-state index in [1.54, 1.807) is 7.11 Å². The predicted molar refractivity (Wildman–Crippen MR) is 113 cm³/mol. The number of carbonyl (C=O) groups is 2. The Bertz CT molecular complexity index is 864. The summed E-state index contributed by atoms with van der Waals surface area (Å²) in [5.74, 6) is -0.492. The summed E-state index contributed by atoms with van der Waals surface area (Å²) >= 11 is 1.46. The zero-order valence-electron chi connectivity index (χ0n) is 16.8. The van der Waals surface area contributed by atoms with Crippen LogP contribution in [0.3, 0.4) is 0 Å². The number of hydrogen-bond acceptors (Lipinski definition) is 7. The van der Waals surface area contributed by atoms with Gasteiger partial charge in [-0.15, -0.1) is 0 Å². The Morgan fingerprint density at radius 3 is 2.69 bits per heavy atom. The van der Waals surface area contributed by atoms with Gasteiger partial charge in [0.15, 0.2) is 5.17 Å². The van der Waals surface area contributed by atoms with Gasteiger partial charge in [-0.05, 0) is 24.8 Å². The Morgan fingerprint density at radius 1 is 1.24 bits per heavy atom. The van der Waals surface area contributed by atoms with E-state index in [-0.39, 0.29) is 18.9 Å². The van der Waals surface area contributed by atoms with Crippen molar-refractivity contribution in [1.29, 1.82) is 0 Å². The average molecular weight is 416 g/mol. The highest BCUT2D eigenvalue weighted by atomic mass is 32.2. The number of methoxy groups -OCH3 is 1. The summed E-state index contributed by atoms with van der Waals surface area (Å²) in [6.07, 6.45) is 0.217. The number of hydrogen-bond donors (Lipinski definition) is 1. The van der Waals surface area contributed by atoms with E-state index in [0.29, 0.717) is 24.4 Å². The fourth-order valence-corrected chi connectivity index (χ4v) is 4.27. The van der Waals surface area contributed by atoms with Gasteiger partial charge in [0.05, 0.1) is 30.3 Å². The Kier molecular flexibility index (Phi) is 7.11. The van der Waals surface area contributed by atoms with E-state index >= 15 is 0 Å². The molecule has 0 saturated carbocycles. The molecule has 1 amide bonds. The smallest absolute Gasteiger partial charge is 0.338 e. The summed E-state index contributed by atoms with van der Waals surface area (Å²) in [6, 6.07) is 9.32. The van der Waals surface area contributed by atoms with E-state index in [0.717, 1.165) is 16.4 Å². The third kappa shape index (κ3) is 4.71. The van der Waals surface area contributed by atoms with Crippen molar-refractivity contribution in [2.45, 2.75) is 26.3 Å². The molecule has 8 heteroatoms. The second-order valence-electron chi connectivity index (χ2n) is 6.56. The molecule has 3 rings (SSSR count). The molecule has 2 aliphatic rings. The number of allylic oxidation sites excluding steroid dienone is 1. The van der Waals surface area contributed by atoms with Gasteiger partial charge in [0.1, 0.15) is 6.61 Å². The van der Waals surface area contributed by atoms with Crippen LogP contribution in [0.25, 0.3) is 0 Å². The van der Waals surface area contributed by atoms with Crippen molar-refractivity contribution in [2.24, 2.45) is 4.99 Å². The minimum Gasteiger partial charge on any atom is -0.460 e. The first-order valence-corrected chi connectivity index (χ1v) is 10.4. The number of benzene rings is 1. The van der Waals surface area contributed by atoms with E-state index in [2.05, 4.69) is 10.3 Å². The van der Waals surface area contributed by atoms with Crippen molar-refractivity contribution in [3.05, 3.63) is 58.3 Å². The molecule has 0 aromatic heterocycles. The van der Waals surface area contributed by atoms with Gasteiger partial charge in [-0.2, -0.15) is 0 Å². The molecule has 0 saturated heterocycles. The highest BCUT2D eigenvalue weighted by Crippen LogP contribution is 2.44. The summed E-state index contributed by atoms with van der Waals surface area (Å²) < 4.78 is 10.4. The molecule has 1 aromatic carbocycles. The molecule has 1 unspecified atom stereocenters. The monoisotopic (exact) mass is 415 g/mol. The molecule has 7 nitrogen and oxygen atoms in total. The van der Waals surface area contributed by atoms with Crippen LogP contribution in [0.2, 0.25) is 0 Å². The molecule has 154 valence electrons. The number of carbonyl (C=O) groups excluding carboxylic acids is 2. The Labute approximate surface area is 174 Å². The van der Waals surface area contributed by atoms with Gasteiger partial charge in [-0.25, -0.2) is 9.79 Å². The van der Waals surface area contributed by atoms with Gasteiger partial charge >= 0.3 is 5.97 Å². The van der Waals surface area contributed by atoms with Crippen LogP contribution < -0.4 is 5.32 Å². The lowest BCUT2D eigenvalue weighted by molar-refractivity contribution is -0.141. The van der Waals surface area contributed by atoms with Crippen LogP contribution in [0.1, 0.15) is 31.9 Å². The van der Waals surface area contributed by atoms with Crippen LogP contribution in [0, 0.1) is 0 Å². The molecule has 0 spiro atoms. The van der Waals surface area contributed by atoms with E-state index in [4.69, 9.17) is 9.47 Å². The van der Waals surface area contributed by atoms with E-state index in [1.807, 2.05) is 54.5 Å². The summed E-state index contributed by atoms with van der Waals surface area (Å²) in [6.45, 7) is 4.76. The largest absolute Gasteiger partial charge is 0.460 e. The van der Waals surface area contributed by atoms with Crippen LogP contribution in [0.5, 0.6) is 0 Å². The lowest BCUT2D eigenvalue weighted by atomic mass is 9.94. The van der Waals surface area contributed by atoms with Crippen LogP contribution in [0.4, 0.5) is 0 Å². The molecule has 1 aromatic rings. The number of amides is 1. The van der Waals surface area contributed by atoms with Crippen LogP contribution >= 0.6 is 11.8 Å². The standard InChI is InChI=1S/C21H25N3O4S/c1-4-22-17(25)12-16-13-29-21-23-14(2)18(20(26)28-11-10-27-3)19(24(16)21)15-8-6-5-7-9-15/h5-9,13,19H,4,10-12H2,1-3H3,(H,22,25). The maximum absolute atomic E-state index is 12.9. The quantitative estimate of drug-likeness (QED) is 0.519. The highest BCUT2D eigenvalue weighted by molar-refractivity contribution is 8.16. The fraction of sp³-hybridized carbons (Fsp3) is 0.381. The first-order valence-electron chi connectivity index (χ1n) is 9.48. The van der Waals surface area contributed by atoms with E-state index in [1.165, 1.54) is 11.8 Å². The lowest BCUT2D eigenvalue weighted by Crippen LogP contribution is -2.38. The number of nitrogens with zero attached hydrogens (tertiary/aromatic N) is 2. The second-order valence-corrected chi connectivity index (χ2v) is 7.40. The van der Waals surface area contributed by atoms with Crippen molar-refractivity contribution in [1.82, 2.24) is 10.2 Å². The van der Waals surface area contributed by atoms with Crippen molar-refractivity contribution < 1.29 is 19.1 Å². The summed E-state index contributed by atoms with van der Waals surface area (Å²) in [5.41, 5.74) is 2.83. The number of rotatable bonds is 8. The van der Waals surface area contributed by atoms with Crippen LogP contribution in [-0.4, -0.2) is 48.8 Å². The fourth-order valence-electron chi connectivity index (χ4n) is 3.30. The number of esters is 1. The third-order valence-electron chi connectivity index (χ3n) is 4.57. The molecular formula is C21H25N3O4S. The summed E-state index contributed by atoms with van der Waals surface area (Å²) in [7, 11) is 1.56. The number of thioether (sulfide) groups is 1. The third-order valence-corrected chi connectivity index (χ3v) is 5.46. The van der Waals surface area contributed by atoms with Crippen LogP contribution in [-0.2, 0) is 19.1 Å². The molecule has 29 heavy (non-hydrogen) atoms. The zero-order chi connectivity index (χ0) is 20.8. The lowest BCUT2D eigenvalue weighted by Gasteiger charge is -2.36. The Balaban J connectivity index is 1.97. The van der Waals surface area contributed by atoms with Crippen molar-refractivity contribution in [3.8, 4) is 0 Å². The summed E-state index contributed by atoms with van der Waals surface area (Å²) in [4.78, 5) is 31.8. The molecule has 2 aliphatic heterocycles. The normalized spacial score (nSPS) is 18.2. The molecule has 1 N–H and O–H groups in total. The van der Waals surface area contributed by atoms with Gasteiger partial charge in [0.25, 0.3) is 0 Å². The topological polar surface area (TPSA) is 80.2 Å². The van der Waals surface area contributed by atoms with Crippen LogP contribution in [0.15, 0.2) is 57.7 Å². The zero-order valence-corrected chi connectivity index (χ0v) is 17.6. The maximum atomic E-state index is 12.9. The van der Waals surface area contributed by atoms with Crippen molar-refractivity contribution >= 4 is 28.8 Å². The minimum atomic E-state index is -0.425. The molecule has 0 bridgehead atoms. The first-order chi connectivity index (χ1) is 14.1. The maximum Gasteiger partial charge on any atom is 0.338 e. The predicted octanol–water partition coefficient (Wildman–Crippen LogP) is 2.98. The van der Waals surface area contributed by atoms with E-state index in [9.17, 15) is 9.59 Å². The Hall–Kier alpha value is -2.58. The van der Waals surface area contributed by atoms with Gasteiger partial charge in [0.2, 0.25) is 5.91 Å². The number of nitrogens with one attached hydrogen (secondary N) is 1. The number of fused-ring (bicyclic) bond motifs is 1. The molecule has 2 heterocycles. The number of aliphatic imine (C=N–C) groups is 1.